The lowest BCUT2D eigenvalue weighted by atomic mass is 9.77. The molecular weight excluding hydrogens is 355 g/mol. The molecule has 1 aliphatic carbocycles. The lowest BCUT2D eigenvalue weighted by Gasteiger charge is -2.40. The number of hydrogen-bond acceptors (Lipinski definition) is 3. The Balaban J connectivity index is 1.65. The number of phenols is 1. The van der Waals surface area contributed by atoms with Crippen LogP contribution in [0.4, 0.5) is 13.2 Å². The van der Waals surface area contributed by atoms with E-state index in [0.717, 1.165) is 36.1 Å². The molecular formula is C21H22F3NO2. The van der Waals surface area contributed by atoms with Crippen LogP contribution in [0, 0.1) is 0 Å². The molecule has 0 bridgehead atoms. The van der Waals surface area contributed by atoms with E-state index in [0.29, 0.717) is 0 Å². The lowest BCUT2D eigenvalue weighted by Crippen LogP contribution is -2.35. The van der Waals surface area contributed by atoms with E-state index < -0.39 is 12.6 Å². The highest BCUT2D eigenvalue weighted by Gasteiger charge is 2.34. The molecule has 1 atom stereocenters. The molecule has 4 rings (SSSR count). The van der Waals surface area contributed by atoms with Crippen molar-refractivity contribution in [3.8, 4) is 22.6 Å². The number of rotatable bonds is 4. The fraction of sp³-hybridized carbons (Fsp3) is 0.429. The number of halogens is 3. The van der Waals surface area contributed by atoms with Gasteiger partial charge >= 0.3 is 6.18 Å². The molecule has 6 heteroatoms. The molecule has 0 saturated carbocycles. The van der Waals surface area contributed by atoms with E-state index in [9.17, 15) is 18.3 Å². The summed E-state index contributed by atoms with van der Waals surface area (Å²) in [6, 6.07) is 10.0. The number of phenolic OH excluding ortho intramolecular Hbond substituents is 1. The minimum Gasteiger partial charge on any atom is -0.504 e. The van der Waals surface area contributed by atoms with Gasteiger partial charge in [-0.05, 0) is 54.6 Å². The molecule has 27 heavy (non-hydrogen) atoms. The molecule has 2 aliphatic rings. The van der Waals surface area contributed by atoms with Crippen molar-refractivity contribution < 1.29 is 23.0 Å². The molecule has 1 aliphatic heterocycles. The van der Waals surface area contributed by atoms with E-state index in [1.54, 1.807) is 6.07 Å². The third kappa shape index (κ3) is 3.38. The second kappa shape index (κ2) is 6.75. The smallest absolute Gasteiger partial charge is 0.389 e. The summed E-state index contributed by atoms with van der Waals surface area (Å²) in [7, 11) is 2.12. The molecule has 2 aromatic rings. The van der Waals surface area contributed by atoms with Gasteiger partial charge in [-0.2, -0.15) is 13.2 Å². The maximum Gasteiger partial charge on any atom is 0.389 e. The zero-order valence-corrected chi connectivity index (χ0v) is 15.1. The highest BCUT2D eigenvalue weighted by molar-refractivity contribution is 5.82. The number of aromatic hydroxyl groups is 1. The highest BCUT2D eigenvalue weighted by atomic mass is 19.4. The van der Waals surface area contributed by atoms with Crippen molar-refractivity contribution in [3.63, 3.8) is 0 Å². The Morgan fingerprint density at radius 2 is 2.00 bits per heavy atom. The van der Waals surface area contributed by atoms with Gasteiger partial charge < -0.3 is 9.84 Å². The summed E-state index contributed by atoms with van der Waals surface area (Å²) in [5.74, 6) is 0.274. The van der Waals surface area contributed by atoms with Gasteiger partial charge in [0.25, 0.3) is 0 Å². The second-order valence-electron chi connectivity index (χ2n) is 7.34. The first-order valence-electron chi connectivity index (χ1n) is 9.22. The second-order valence-corrected chi connectivity index (χ2v) is 7.34. The molecule has 0 fully saturated rings. The first kappa shape index (κ1) is 18.2. The quantitative estimate of drug-likeness (QED) is 0.772. The normalized spacial score (nSPS) is 18.7. The third-order valence-electron chi connectivity index (χ3n) is 5.57. The van der Waals surface area contributed by atoms with Crippen molar-refractivity contribution in [1.82, 2.24) is 4.90 Å². The molecule has 0 amide bonds. The predicted octanol–water partition coefficient (Wildman–Crippen LogP) is 4.87. The van der Waals surface area contributed by atoms with Crippen LogP contribution >= 0.6 is 0 Å². The van der Waals surface area contributed by atoms with Gasteiger partial charge in [-0.25, -0.2) is 0 Å². The van der Waals surface area contributed by atoms with Crippen molar-refractivity contribution in [2.75, 3.05) is 20.2 Å². The first-order valence-corrected chi connectivity index (χ1v) is 9.22. The number of nitrogens with zero attached hydrogens (tertiary/aromatic N) is 1. The highest BCUT2D eigenvalue weighted by Crippen LogP contribution is 2.50. The topological polar surface area (TPSA) is 32.7 Å². The Morgan fingerprint density at radius 1 is 1.19 bits per heavy atom. The van der Waals surface area contributed by atoms with Crippen molar-refractivity contribution in [1.29, 1.82) is 0 Å². The van der Waals surface area contributed by atoms with Gasteiger partial charge in [0, 0.05) is 24.6 Å². The Kier molecular flexibility index (Phi) is 4.54. The number of likely N-dealkylation sites (N-methyl/N-ethyl adjacent to an activating group) is 1. The molecule has 1 unspecified atom stereocenters. The summed E-state index contributed by atoms with van der Waals surface area (Å²) in [5, 5.41) is 10.8. The minimum atomic E-state index is -4.19. The van der Waals surface area contributed by atoms with Crippen LogP contribution in [0.15, 0.2) is 30.3 Å². The maximum absolute atomic E-state index is 12.3. The number of hydrogen-bond donors (Lipinski definition) is 1. The van der Waals surface area contributed by atoms with E-state index in [1.807, 2.05) is 18.2 Å². The average molecular weight is 377 g/mol. The van der Waals surface area contributed by atoms with Gasteiger partial charge in [0.2, 0.25) is 0 Å². The SMILES string of the molecule is CN1CCc2cccc3c2C1Cc1ccc(OCCCC(F)(F)F)c(O)c1-3. The summed E-state index contributed by atoms with van der Waals surface area (Å²) >= 11 is 0. The summed E-state index contributed by atoms with van der Waals surface area (Å²) in [6.45, 7) is 0.924. The fourth-order valence-corrected chi connectivity index (χ4v) is 4.24. The van der Waals surface area contributed by atoms with E-state index in [4.69, 9.17) is 4.74 Å². The number of ether oxygens (including phenoxy) is 1. The number of benzene rings is 2. The Bertz CT molecular complexity index is 863. The molecule has 0 spiro atoms. The standard InChI is InChI=1S/C21H22F3NO2/c1-25-10-8-13-4-2-5-15-18(13)16(25)12-14-6-7-17(20(26)19(14)15)27-11-3-9-21(22,23)24/h2,4-7,16,26H,3,8-12H2,1H3. The Hall–Kier alpha value is -2.21. The van der Waals surface area contributed by atoms with Gasteiger partial charge in [0.15, 0.2) is 11.5 Å². The van der Waals surface area contributed by atoms with Crippen LogP contribution in [0.1, 0.15) is 35.6 Å². The van der Waals surface area contributed by atoms with E-state index in [2.05, 4.69) is 18.0 Å². The van der Waals surface area contributed by atoms with Gasteiger partial charge in [0.1, 0.15) is 0 Å². The van der Waals surface area contributed by atoms with Crippen LogP contribution in [0.2, 0.25) is 0 Å². The largest absolute Gasteiger partial charge is 0.504 e. The van der Waals surface area contributed by atoms with Crippen LogP contribution in [-0.4, -0.2) is 36.4 Å². The van der Waals surface area contributed by atoms with Crippen LogP contribution in [0.3, 0.4) is 0 Å². The maximum atomic E-state index is 12.3. The molecule has 3 nitrogen and oxygen atoms in total. The van der Waals surface area contributed by atoms with Crippen LogP contribution < -0.4 is 4.74 Å². The number of alkyl halides is 3. The van der Waals surface area contributed by atoms with Crippen molar-refractivity contribution in [3.05, 3.63) is 47.0 Å². The van der Waals surface area contributed by atoms with Gasteiger partial charge in [-0.3, -0.25) is 4.90 Å². The van der Waals surface area contributed by atoms with Crippen LogP contribution in [0.25, 0.3) is 11.1 Å². The molecule has 2 aromatic carbocycles. The third-order valence-corrected chi connectivity index (χ3v) is 5.57. The van der Waals surface area contributed by atoms with E-state index in [-0.39, 0.29) is 30.6 Å². The zero-order valence-electron chi connectivity index (χ0n) is 15.1. The summed E-state index contributed by atoms with van der Waals surface area (Å²) in [5.41, 5.74) is 5.36. The molecule has 0 radical (unpaired) electrons. The van der Waals surface area contributed by atoms with E-state index >= 15 is 0 Å². The lowest BCUT2D eigenvalue weighted by molar-refractivity contribution is -0.136. The van der Waals surface area contributed by atoms with Gasteiger partial charge in [-0.1, -0.05) is 24.3 Å². The van der Waals surface area contributed by atoms with Crippen molar-refractivity contribution in [2.24, 2.45) is 0 Å². The molecule has 1 heterocycles. The number of fused-ring (bicyclic) bond motifs is 2. The van der Waals surface area contributed by atoms with Crippen molar-refractivity contribution in [2.45, 2.75) is 37.9 Å². The first-order chi connectivity index (χ1) is 12.8. The molecule has 144 valence electrons. The van der Waals surface area contributed by atoms with Crippen LogP contribution in [0.5, 0.6) is 11.5 Å². The van der Waals surface area contributed by atoms with Gasteiger partial charge in [-0.15, -0.1) is 0 Å². The summed E-state index contributed by atoms with van der Waals surface area (Å²) < 4.78 is 42.3. The Morgan fingerprint density at radius 3 is 2.78 bits per heavy atom. The fourth-order valence-electron chi connectivity index (χ4n) is 4.24. The molecule has 0 saturated heterocycles. The minimum absolute atomic E-state index is 0.0274. The molecule has 0 aromatic heterocycles. The summed E-state index contributed by atoms with van der Waals surface area (Å²) in [4.78, 5) is 2.34. The van der Waals surface area contributed by atoms with E-state index in [1.165, 1.54) is 11.1 Å². The average Bonchev–Trinajstić information content (AvgIpc) is 2.62. The predicted molar refractivity (Wildman–Crippen MR) is 97.1 cm³/mol. The molecule has 1 N–H and O–H groups in total. The van der Waals surface area contributed by atoms with Gasteiger partial charge in [0.05, 0.1) is 6.61 Å². The zero-order chi connectivity index (χ0) is 19.2. The summed E-state index contributed by atoms with van der Waals surface area (Å²) in [6.07, 6.45) is -3.43. The van der Waals surface area contributed by atoms with Crippen LogP contribution in [-0.2, 0) is 12.8 Å². The Labute approximate surface area is 156 Å². The monoisotopic (exact) mass is 377 g/mol. The van der Waals surface area contributed by atoms with Crippen molar-refractivity contribution >= 4 is 0 Å².